The summed E-state index contributed by atoms with van der Waals surface area (Å²) in [6.07, 6.45) is 0.653. The van der Waals surface area contributed by atoms with Crippen LogP contribution < -0.4 is 4.74 Å². The Balaban J connectivity index is 1.65. The molecule has 0 aliphatic carbocycles. The number of imide groups is 1. The normalized spacial score (nSPS) is 18.3. The number of hydrogen-bond acceptors (Lipinski definition) is 5. The Morgan fingerprint density at radius 2 is 1.58 bits per heavy atom. The summed E-state index contributed by atoms with van der Waals surface area (Å²) in [6, 6.07) is 14.8. The zero-order valence-corrected chi connectivity index (χ0v) is 16.0. The van der Waals surface area contributed by atoms with E-state index in [4.69, 9.17) is 4.74 Å². The molecule has 4 nitrogen and oxygen atoms in total. The van der Waals surface area contributed by atoms with E-state index in [1.807, 2.05) is 59.9 Å². The van der Waals surface area contributed by atoms with Crippen LogP contribution in [0.2, 0.25) is 0 Å². The fourth-order valence-electron chi connectivity index (χ4n) is 3.42. The number of carbonyl (C=O) groups is 2. The van der Waals surface area contributed by atoms with E-state index in [9.17, 15) is 9.59 Å². The molecule has 0 spiro atoms. The summed E-state index contributed by atoms with van der Waals surface area (Å²) in [7, 11) is 1.64. The minimum atomic E-state index is -0.169. The van der Waals surface area contributed by atoms with Crippen molar-refractivity contribution in [3.8, 4) is 5.75 Å². The molecule has 2 aliphatic heterocycles. The number of thioether (sulfide) groups is 2. The van der Waals surface area contributed by atoms with Gasteiger partial charge in [0, 0.05) is 11.5 Å². The van der Waals surface area contributed by atoms with Crippen molar-refractivity contribution in [2.24, 2.45) is 0 Å². The minimum Gasteiger partial charge on any atom is -0.497 e. The van der Waals surface area contributed by atoms with Crippen molar-refractivity contribution in [1.29, 1.82) is 0 Å². The van der Waals surface area contributed by atoms with Gasteiger partial charge in [-0.25, -0.2) is 0 Å². The van der Waals surface area contributed by atoms with Crippen LogP contribution in [0.5, 0.6) is 5.75 Å². The third-order valence-corrected chi connectivity index (χ3v) is 7.96. The van der Waals surface area contributed by atoms with Crippen molar-refractivity contribution in [1.82, 2.24) is 4.90 Å². The van der Waals surface area contributed by atoms with Gasteiger partial charge in [0.1, 0.15) is 5.75 Å². The van der Waals surface area contributed by atoms with E-state index in [0.29, 0.717) is 17.5 Å². The number of hydrogen-bond donors (Lipinski definition) is 0. The smallest absolute Gasteiger partial charge is 0.261 e. The lowest BCUT2D eigenvalue weighted by Gasteiger charge is -2.30. The fourth-order valence-corrected chi connectivity index (χ4v) is 6.50. The van der Waals surface area contributed by atoms with Crippen LogP contribution in [0.3, 0.4) is 0 Å². The van der Waals surface area contributed by atoms with Crippen LogP contribution in [0.15, 0.2) is 48.5 Å². The molecule has 0 radical (unpaired) electrons. The summed E-state index contributed by atoms with van der Waals surface area (Å²) in [5, 5.41) is 0. The first-order valence-electron chi connectivity index (χ1n) is 8.52. The summed E-state index contributed by atoms with van der Waals surface area (Å²) >= 11 is 3.68. The molecule has 4 rings (SSSR count). The van der Waals surface area contributed by atoms with Crippen molar-refractivity contribution in [3.05, 3.63) is 65.2 Å². The summed E-state index contributed by atoms with van der Waals surface area (Å²) in [6.45, 7) is 0. The number of carbonyl (C=O) groups excluding carboxylic acids is 2. The number of methoxy groups -OCH3 is 1. The Bertz CT molecular complexity index is 796. The van der Waals surface area contributed by atoms with Gasteiger partial charge in [0.25, 0.3) is 11.8 Å². The molecule has 26 heavy (non-hydrogen) atoms. The van der Waals surface area contributed by atoms with Crippen LogP contribution in [-0.4, -0.2) is 46.0 Å². The Morgan fingerprint density at radius 1 is 1.00 bits per heavy atom. The highest BCUT2D eigenvalue weighted by Crippen LogP contribution is 2.40. The Morgan fingerprint density at radius 3 is 2.12 bits per heavy atom. The average molecular weight is 386 g/mol. The van der Waals surface area contributed by atoms with Crippen molar-refractivity contribution in [3.63, 3.8) is 0 Å². The van der Waals surface area contributed by atoms with Crippen molar-refractivity contribution < 1.29 is 14.3 Å². The van der Waals surface area contributed by atoms with E-state index in [1.165, 1.54) is 4.90 Å². The SMILES string of the molecule is COc1ccc(C[C@@H](C2SCCS2)N2C(=O)c3ccccc3C2=O)cc1. The van der Waals surface area contributed by atoms with Crippen molar-refractivity contribution in [2.75, 3.05) is 18.6 Å². The molecule has 6 heteroatoms. The molecular formula is C20H19NO3S2. The lowest BCUT2D eigenvalue weighted by molar-refractivity contribution is 0.0595. The second kappa shape index (κ2) is 7.37. The Labute approximate surface area is 161 Å². The molecule has 1 saturated heterocycles. The van der Waals surface area contributed by atoms with Gasteiger partial charge < -0.3 is 4.74 Å². The van der Waals surface area contributed by atoms with E-state index in [2.05, 4.69) is 0 Å². The van der Waals surface area contributed by atoms with Crippen LogP contribution >= 0.6 is 23.5 Å². The molecule has 2 aromatic carbocycles. The summed E-state index contributed by atoms with van der Waals surface area (Å²) in [5.41, 5.74) is 2.14. The lowest BCUT2D eigenvalue weighted by Crippen LogP contribution is -2.45. The standard InChI is InChI=1S/C20H19NO3S2/c1-24-14-8-6-13(7-9-14)12-17(20-25-10-11-26-20)21-18(22)15-4-2-3-5-16(15)19(21)23/h2-9,17,20H,10-12H2,1H3/t17-/m0/s1. The monoisotopic (exact) mass is 385 g/mol. The molecule has 0 saturated carbocycles. The van der Waals surface area contributed by atoms with Gasteiger partial charge in [0.05, 0.1) is 28.9 Å². The molecule has 2 heterocycles. The van der Waals surface area contributed by atoms with E-state index in [0.717, 1.165) is 22.8 Å². The Kier molecular flexibility index (Phi) is 4.96. The highest BCUT2D eigenvalue weighted by Gasteiger charge is 2.43. The second-order valence-electron chi connectivity index (χ2n) is 6.26. The maximum Gasteiger partial charge on any atom is 0.261 e. The number of fused-ring (bicyclic) bond motifs is 1. The first-order valence-corrected chi connectivity index (χ1v) is 10.6. The second-order valence-corrected chi connectivity index (χ2v) is 9.05. The largest absolute Gasteiger partial charge is 0.497 e. The topological polar surface area (TPSA) is 46.6 Å². The van der Waals surface area contributed by atoms with Crippen LogP contribution in [0.25, 0.3) is 0 Å². The van der Waals surface area contributed by atoms with E-state index in [-0.39, 0.29) is 22.4 Å². The summed E-state index contributed by atoms with van der Waals surface area (Å²) in [4.78, 5) is 27.4. The van der Waals surface area contributed by atoms with Gasteiger partial charge >= 0.3 is 0 Å². The molecule has 2 amide bonds. The van der Waals surface area contributed by atoms with Crippen LogP contribution in [0.1, 0.15) is 26.3 Å². The van der Waals surface area contributed by atoms with Crippen LogP contribution in [0, 0.1) is 0 Å². The Hall–Kier alpha value is -1.92. The third kappa shape index (κ3) is 3.12. The molecule has 0 bridgehead atoms. The van der Waals surface area contributed by atoms with Crippen molar-refractivity contribution >= 4 is 35.3 Å². The minimum absolute atomic E-state index is 0.159. The van der Waals surface area contributed by atoms with E-state index < -0.39 is 0 Å². The molecule has 0 unspecified atom stereocenters. The predicted molar refractivity (Wildman–Crippen MR) is 106 cm³/mol. The first-order chi connectivity index (χ1) is 12.7. The number of nitrogens with zero attached hydrogens (tertiary/aromatic N) is 1. The predicted octanol–water partition coefficient (Wildman–Crippen LogP) is 3.71. The maximum absolute atomic E-state index is 13.0. The molecule has 1 atom stereocenters. The molecular weight excluding hydrogens is 366 g/mol. The number of ether oxygens (including phenoxy) is 1. The highest BCUT2D eigenvalue weighted by atomic mass is 32.2. The summed E-state index contributed by atoms with van der Waals surface area (Å²) < 4.78 is 5.43. The molecule has 1 fully saturated rings. The fraction of sp³-hybridized carbons (Fsp3) is 0.300. The number of rotatable bonds is 5. The maximum atomic E-state index is 13.0. The number of benzene rings is 2. The average Bonchev–Trinajstić information content (AvgIpc) is 3.29. The molecule has 0 aromatic heterocycles. The third-order valence-electron chi connectivity index (χ3n) is 4.72. The van der Waals surface area contributed by atoms with E-state index >= 15 is 0 Å². The van der Waals surface area contributed by atoms with Gasteiger partial charge in [-0.15, -0.1) is 23.5 Å². The first kappa shape index (κ1) is 17.5. The van der Waals surface area contributed by atoms with Gasteiger partial charge in [-0.05, 0) is 36.2 Å². The lowest BCUT2D eigenvalue weighted by atomic mass is 10.1. The molecule has 2 aromatic rings. The van der Waals surface area contributed by atoms with Crippen LogP contribution in [-0.2, 0) is 6.42 Å². The summed E-state index contributed by atoms with van der Waals surface area (Å²) in [5.74, 6) is 2.57. The highest BCUT2D eigenvalue weighted by molar-refractivity contribution is 8.20. The van der Waals surface area contributed by atoms with Gasteiger partial charge in [-0.1, -0.05) is 24.3 Å². The van der Waals surface area contributed by atoms with Crippen molar-refractivity contribution in [2.45, 2.75) is 17.0 Å². The van der Waals surface area contributed by atoms with Gasteiger partial charge in [-0.3, -0.25) is 14.5 Å². The zero-order valence-electron chi connectivity index (χ0n) is 14.4. The molecule has 134 valence electrons. The molecule has 2 aliphatic rings. The van der Waals surface area contributed by atoms with Gasteiger partial charge in [0.2, 0.25) is 0 Å². The van der Waals surface area contributed by atoms with Gasteiger partial charge in [0.15, 0.2) is 0 Å². The number of amides is 2. The van der Waals surface area contributed by atoms with Crippen LogP contribution in [0.4, 0.5) is 0 Å². The molecule has 0 N–H and O–H groups in total. The van der Waals surface area contributed by atoms with Gasteiger partial charge in [-0.2, -0.15) is 0 Å². The zero-order chi connectivity index (χ0) is 18.1. The quantitative estimate of drug-likeness (QED) is 0.735. The van der Waals surface area contributed by atoms with E-state index in [1.54, 1.807) is 19.2 Å².